The van der Waals surface area contributed by atoms with Gasteiger partial charge in [0.25, 0.3) is 10.0 Å². The van der Waals surface area contributed by atoms with E-state index in [1.165, 1.54) is 32.4 Å². The van der Waals surface area contributed by atoms with E-state index >= 15 is 0 Å². The zero-order valence-electron chi connectivity index (χ0n) is 17.2. The predicted octanol–water partition coefficient (Wildman–Crippen LogP) is 2.92. The molecule has 3 rings (SSSR count). The second-order valence-corrected chi connectivity index (χ2v) is 10.6. The Kier molecular flexibility index (Phi) is 6.63. The summed E-state index contributed by atoms with van der Waals surface area (Å²) in [4.78, 5) is 3.86. The van der Waals surface area contributed by atoms with Crippen molar-refractivity contribution in [3.8, 4) is 22.6 Å². The van der Waals surface area contributed by atoms with E-state index in [1.807, 2.05) is 6.07 Å². The summed E-state index contributed by atoms with van der Waals surface area (Å²) in [6, 6.07) is 14.5. The molecule has 0 radical (unpaired) electrons. The molecule has 0 saturated carbocycles. The quantitative estimate of drug-likeness (QED) is 0.507. The van der Waals surface area contributed by atoms with Gasteiger partial charge in [0, 0.05) is 24.0 Å². The highest BCUT2D eigenvalue weighted by Gasteiger charge is 2.34. The van der Waals surface area contributed by atoms with Crippen molar-refractivity contribution in [3.63, 3.8) is 0 Å². The number of nitrogens with zero attached hydrogens (tertiary/aromatic N) is 2. The fourth-order valence-electron chi connectivity index (χ4n) is 3.08. The predicted molar refractivity (Wildman–Crippen MR) is 117 cm³/mol. The van der Waals surface area contributed by atoms with E-state index in [4.69, 9.17) is 9.47 Å². The lowest BCUT2D eigenvalue weighted by atomic mass is 10.0. The van der Waals surface area contributed by atoms with Crippen molar-refractivity contribution in [1.29, 1.82) is 0 Å². The molecular formula is C21H22N2O6S2. The van der Waals surface area contributed by atoms with Crippen LogP contribution in [0, 0.1) is 0 Å². The van der Waals surface area contributed by atoms with E-state index in [2.05, 4.69) is 4.98 Å². The molecule has 0 saturated heterocycles. The second kappa shape index (κ2) is 9.04. The number of sulfonamides is 2. The minimum atomic E-state index is -4.42. The van der Waals surface area contributed by atoms with E-state index in [1.54, 1.807) is 42.7 Å². The first kappa shape index (κ1) is 22.7. The lowest BCUT2D eigenvalue weighted by Gasteiger charge is -2.22. The number of aromatic nitrogens is 1. The minimum Gasteiger partial charge on any atom is -0.493 e. The molecule has 31 heavy (non-hydrogen) atoms. The van der Waals surface area contributed by atoms with Crippen LogP contribution in [0.25, 0.3) is 11.1 Å². The maximum Gasteiger partial charge on any atom is 0.256 e. The maximum atomic E-state index is 13.3. The van der Waals surface area contributed by atoms with Gasteiger partial charge in [-0.1, -0.05) is 34.0 Å². The standard InChI is InChI=1S/C21H22N2O6S2/c1-28-20-11-10-18(13-21(20)29-2)31(26,27)23(30(3,24)25)15-17-7-4-5-9-19(17)16-8-6-12-22-14-16/h4-14H,15H2,1-3H3. The van der Waals surface area contributed by atoms with Gasteiger partial charge in [-0.15, -0.1) is 0 Å². The van der Waals surface area contributed by atoms with Crippen molar-refractivity contribution in [3.05, 3.63) is 72.6 Å². The highest BCUT2D eigenvalue weighted by molar-refractivity contribution is 8.03. The molecule has 0 amide bonds. The van der Waals surface area contributed by atoms with Crippen molar-refractivity contribution < 1.29 is 26.3 Å². The number of benzene rings is 2. The number of ether oxygens (including phenoxy) is 2. The summed E-state index contributed by atoms with van der Waals surface area (Å²) >= 11 is 0. The summed E-state index contributed by atoms with van der Waals surface area (Å²) in [6.45, 7) is -0.374. The Balaban J connectivity index is 2.10. The molecule has 1 heterocycles. The van der Waals surface area contributed by atoms with Crippen LogP contribution in [0.15, 0.2) is 71.9 Å². The van der Waals surface area contributed by atoms with Gasteiger partial charge in [0.1, 0.15) is 0 Å². The number of hydrogen-bond acceptors (Lipinski definition) is 7. The lowest BCUT2D eigenvalue weighted by Crippen LogP contribution is -2.35. The maximum absolute atomic E-state index is 13.3. The largest absolute Gasteiger partial charge is 0.493 e. The average molecular weight is 463 g/mol. The van der Waals surface area contributed by atoms with Crippen molar-refractivity contribution >= 4 is 20.0 Å². The van der Waals surface area contributed by atoms with Gasteiger partial charge in [-0.3, -0.25) is 4.98 Å². The van der Waals surface area contributed by atoms with Crippen molar-refractivity contribution in [2.45, 2.75) is 11.4 Å². The highest BCUT2D eigenvalue weighted by atomic mass is 32.3. The summed E-state index contributed by atoms with van der Waals surface area (Å²) in [5.74, 6) is 0.502. The van der Waals surface area contributed by atoms with E-state index in [0.717, 1.165) is 11.8 Å². The Morgan fingerprint density at radius 1 is 0.903 bits per heavy atom. The van der Waals surface area contributed by atoms with Crippen LogP contribution in [-0.2, 0) is 26.6 Å². The van der Waals surface area contributed by atoms with Crippen molar-refractivity contribution in [2.24, 2.45) is 0 Å². The summed E-state index contributed by atoms with van der Waals surface area (Å²) in [6.07, 6.45) is 4.11. The van der Waals surface area contributed by atoms with E-state index in [9.17, 15) is 16.8 Å². The first-order valence-electron chi connectivity index (χ1n) is 9.11. The number of rotatable bonds is 8. The van der Waals surface area contributed by atoms with E-state index in [0.29, 0.717) is 20.6 Å². The molecule has 10 heteroatoms. The van der Waals surface area contributed by atoms with Crippen LogP contribution < -0.4 is 9.47 Å². The van der Waals surface area contributed by atoms with E-state index < -0.39 is 20.0 Å². The molecule has 8 nitrogen and oxygen atoms in total. The lowest BCUT2D eigenvalue weighted by molar-refractivity contribution is 0.353. The first-order valence-corrected chi connectivity index (χ1v) is 12.4. The smallest absolute Gasteiger partial charge is 0.256 e. The fraction of sp³-hybridized carbons (Fsp3) is 0.190. The van der Waals surface area contributed by atoms with Crippen LogP contribution in [-0.4, -0.2) is 46.0 Å². The van der Waals surface area contributed by atoms with Gasteiger partial charge in [0.2, 0.25) is 10.0 Å². The molecule has 1 aromatic heterocycles. The fourth-order valence-corrected chi connectivity index (χ4v) is 6.17. The van der Waals surface area contributed by atoms with Crippen LogP contribution in [0.1, 0.15) is 5.56 Å². The highest BCUT2D eigenvalue weighted by Crippen LogP contribution is 2.33. The van der Waals surface area contributed by atoms with Crippen LogP contribution >= 0.6 is 0 Å². The number of methoxy groups -OCH3 is 2. The molecular weight excluding hydrogens is 440 g/mol. The number of hydrogen-bond donors (Lipinski definition) is 0. The average Bonchev–Trinajstić information content (AvgIpc) is 2.76. The summed E-state index contributed by atoms with van der Waals surface area (Å²) in [5.41, 5.74) is 1.95. The Hall–Kier alpha value is -2.95. The van der Waals surface area contributed by atoms with Crippen LogP contribution in [0.3, 0.4) is 0 Å². The Labute approximate surface area is 182 Å². The first-order chi connectivity index (χ1) is 14.7. The zero-order chi connectivity index (χ0) is 22.6. The van der Waals surface area contributed by atoms with Gasteiger partial charge in [-0.25, -0.2) is 16.8 Å². The SMILES string of the molecule is COc1ccc(S(=O)(=O)N(Cc2ccccc2-c2cccnc2)S(C)(=O)=O)cc1OC. The molecule has 0 bridgehead atoms. The molecule has 0 aliphatic carbocycles. The summed E-state index contributed by atoms with van der Waals surface area (Å²) in [5, 5.41) is 0. The molecule has 0 spiro atoms. The Bertz CT molecular complexity index is 1280. The third kappa shape index (κ3) is 4.87. The molecule has 0 aliphatic rings. The third-order valence-corrected chi connectivity index (χ3v) is 8.37. The second-order valence-electron chi connectivity index (χ2n) is 6.61. The molecule has 0 fully saturated rings. The number of pyridine rings is 1. The normalized spacial score (nSPS) is 12.0. The van der Waals surface area contributed by atoms with Crippen LogP contribution in [0.2, 0.25) is 0 Å². The van der Waals surface area contributed by atoms with Crippen LogP contribution in [0.4, 0.5) is 0 Å². The van der Waals surface area contributed by atoms with Gasteiger partial charge in [0.05, 0.1) is 31.9 Å². The van der Waals surface area contributed by atoms with Crippen molar-refractivity contribution in [2.75, 3.05) is 20.5 Å². The molecule has 164 valence electrons. The Morgan fingerprint density at radius 2 is 1.61 bits per heavy atom. The van der Waals surface area contributed by atoms with E-state index in [-0.39, 0.29) is 17.2 Å². The summed E-state index contributed by atoms with van der Waals surface area (Å²) in [7, 11) is -5.78. The van der Waals surface area contributed by atoms with Gasteiger partial charge >= 0.3 is 0 Å². The molecule has 3 aromatic rings. The zero-order valence-corrected chi connectivity index (χ0v) is 18.9. The molecule has 0 unspecified atom stereocenters. The topological polar surface area (TPSA) is 103 Å². The molecule has 0 aliphatic heterocycles. The summed E-state index contributed by atoms with van der Waals surface area (Å²) < 4.78 is 62.6. The minimum absolute atomic E-state index is 0.174. The van der Waals surface area contributed by atoms with Crippen molar-refractivity contribution in [1.82, 2.24) is 8.69 Å². The monoisotopic (exact) mass is 462 g/mol. The van der Waals surface area contributed by atoms with Crippen LogP contribution in [0.5, 0.6) is 11.5 Å². The Morgan fingerprint density at radius 3 is 2.23 bits per heavy atom. The molecule has 0 atom stereocenters. The van der Waals surface area contributed by atoms with Gasteiger partial charge in [0.15, 0.2) is 11.5 Å². The van der Waals surface area contributed by atoms with Gasteiger partial charge < -0.3 is 9.47 Å². The third-order valence-electron chi connectivity index (χ3n) is 4.58. The molecule has 0 N–H and O–H groups in total. The van der Waals surface area contributed by atoms with Gasteiger partial charge in [-0.05, 0) is 29.3 Å². The van der Waals surface area contributed by atoms with Gasteiger partial charge in [-0.2, -0.15) is 0 Å². The molecule has 2 aromatic carbocycles.